The summed E-state index contributed by atoms with van der Waals surface area (Å²) in [5.41, 5.74) is 2.32. The van der Waals surface area contributed by atoms with Crippen LogP contribution in [0, 0.1) is 0 Å². The lowest BCUT2D eigenvalue weighted by atomic mass is 10.0. The summed E-state index contributed by atoms with van der Waals surface area (Å²) in [6.45, 7) is 4.13. The Hall–Kier alpha value is -2.62. The average Bonchev–Trinajstić information content (AvgIpc) is 2.62. The minimum absolute atomic E-state index is 0.0854. The van der Waals surface area contributed by atoms with E-state index in [2.05, 4.69) is 58.5 Å². The van der Waals surface area contributed by atoms with Gasteiger partial charge >= 0.3 is 0 Å². The molecular weight excluding hydrogens is 272 g/mol. The number of aromatic nitrogens is 4. The number of nitrogens with zero attached hydrogens (tertiary/aromatic N) is 4. The molecule has 3 aromatic rings. The van der Waals surface area contributed by atoms with Crippen LogP contribution in [0.5, 0.6) is 0 Å². The zero-order chi connectivity index (χ0) is 15.4. The summed E-state index contributed by atoms with van der Waals surface area (Å²) in [7, 11) is 0. The molecule has 0 bridgehead atoms. The predicted molar refractivity (Wildman–Crippen MR) is 85.5 cm³/mol. The van der Waals surface area contributed by atoms with Gasteiger partial charge < -0.3 is 0 Å². The van der Waals surface area contributed by atoms with Crippen LogP contribution in [-0.4, -0.2) is 20.4 Å². The maximum atomic E-state index is 4.28. The van der Waals surface area contributed by atoms with Crippen LogP contribution in [0.25, 0.3) is 0 Å². The molecule has 0 saturated carbocycles. The fourth-order valence-electron chi connectivity index (χ4n) is 2.37. The maximum absolute atomic E-state index is 4.28. The highest BCUT2D eigenvalue weighted by atomic mass is 15.3. The Kier molecular flexibility index (Phi) is 4.19. The molecule has 1 aromatic heterocycles. The fraction of sp³-hybridized carbons (Fsp3) is 0.222. The first-order valence-electron chi connectivity index (χ1n) is 7.43. The Balaban J connectivity index is 1.81. The molecule has 0 aliphatic rings. The van der Waals surface area contributed by atoms with Crippen molar-refractivity contribution in [3.63, 3.8) is 0 Å². The van der Waals surface area contributed by atoms with Crippen LogP contribution in [0.1, 0.15) is 48.5 Å². The molecule has 0 amide bonds. The summed E-state index contributed by atoms with van der Waals surface area (Å²) in [6.07, 6.45) is 0. The van der Waals surface area contributed by atoms with Crippen molar-refractivity contribution in [3.8, 4) is 0 Å². The Labute approximate surface area is 130 Å². The monoisotopic (exact) mass is 290 g/mol. The average molecular weight is 290 g/mol. The van der Waals surface area contributed by atoms with Gasteiger partial charge in [0.15, 0.2) is 11.6 Å². The SMILES string of the molecule is CC(c1ccccc1)c1nnc(C(C)c2ccccc2)nn1. The van der Waals surface area contributed by atoms with E-state index in [-0.39, 0.29) is 11.8 Å². The molecule has 4 heteroatoms. The van der Waals surface area contributed by atoms with Crippen LogP contribution in [-0.2, 0) is 0 Å². The third kappa shape index (κ3) is 3.01. The van der Waals surface area contributed by atoms with E-state index in [9.17, 15) is 0 Å². The van der Waals surface area contributed by atoms with E-state index in [0.29, 0.717) is 11.6 Å². The van der Waals surface area contributed by atoms with Gasteiger partial charge in [0.05, 0.1) is 0 Å². The zero-order valence-corrected chi connectivity index (χ0v) is 12.7. The van der Waals surface area contributed by atoms with Gasteiger partial charge in [0.1, 0.15) is 0 Å². The molecule has 2 unspecified atom stereocenters. The highest BCUT2D eigenvalue weighted by molar-refractivity contribution is 5.25. The van der Waals surface area contributed by atoms with E-state index >= 15 is 0 Å². The fourth-order valence-corrected chi connectivity index (χ4v) is 2.37. The van der Waals surface area contributed by atoms with Gasteiger partial charge in [-0.15, -0.1) is 20.4 Å². The predicted octanol–water partition coefficient (Wildman–Crippen LogP) is 3.57. The molecular formula is C18H18N4. The first-order chi connectivity index (χ1) is 10.8. The number of hydrogen-bond acceptors (Lipinski definition) is 4. The van der Waals surface area contributed by atoms with E-state index in [1.807, 2.05) is 36.4 Å². The largest absolute Gasteiger partial charge is 0.180 e. The van der Waals surface area contributed by atoms with E-state index in [1.165, 1.54) is 0 Å². The molecule has 0 aliphatic heterocycles. The minimum Gasteiger partial charge on any atom is -0.131 e. The summed E-state index contributed by atoms with van der Waals surface area (Å²) in [4.78, 5) is 0. The maximum Gasteiger partial charge on any atom is 0.180 e. The molecule has 0 spiro atoms. The van der Waals surface area contributed by atoms with E-state index in [0.717, 1.165) is 11.1 Å². The Bertz CT molecular complexity index is 647. The van der Waals surface area contributed by atoms with Crippen LogP contribution in [0.15, 0.2) is 60.7 Å². The Morgan fingerprint density at radius 2 is 0.864 bits per heavy atom. The van der Waals surface area contributed by atoms with Gasteiger partial charge in [0.25, 0.3) is 0 Å². The molecule has 2 aromatic carbocycles. The third-order valence-electron chi connectivity index (χ3n) is 3.88. The quantitative estimate of drug-likeness (QED) is 0.737. The first-order valence-corrected chi connectivity index (χ1v) is 7.43. The third-order valence-corrected chi connectivity index (χ3v) is 3.88. The van der Waals surface area contributed by atoms with Gasteiger partial charge in [0.2, 0.25) is 0 Å². The van der Waals surface area contributed by atoms with Crippen molar-refractivity contribution in [1.29, 1.82) is 0 Å². The van der Waals surface area contributed by atoms with Crippen LogP contribution >= 0.6 is 0 Å². The molecule has 0 radical (unpaired) electrons. The van der Waals surface area contributed by atoms with E-state index < -0.39 is 0 Å². The zero-order valence-electron chi connectivity index (χ0n) is 12.7. The van der Waals surface area contributed by atoms with Gasteiger partial charge in [-0.05, 0) is 11.1 Å². The molecule has 1 heterocycles. The van der Waals surface area contributed by atoms with Gasteiger partial charge in [-0.3, -0.25) is 0 Å². The summed E-state index contributed by atoms with van der Waals surface area (Å²) in [6, 6.07) is 20.3. The molecule has 110 valence electrons. The summed E-state index contributed by atoms with van der Waals surface area (Å²) in [5, 5.41) is 17.1. The summed E-state index contributed by atoms with van der Waals surface area (Å²) < 4.78 is 0. The molecule has 3 rings (SSSR count). The lowest BCUT2D eigenvalue weighted by Gasteiger charge is -2.11. The lowest BCUT2D eigenvalue weighted by molar-refractivity contribution is 0.652. The van der Waals surface area contributed by atoms with E-state index in [1.54, 1.807) is 0 Å². The number of benzene rings is 2. The second kappa shape index (κ2) is 6.43. The second-order valence-corrected chi connectivity index (χ2v) is 5.38. The number of rotatable bonds is 4. The van der Waals surface area contributed by atoms with Crippen LogP contribution < -0.4 is 0 Å². The van der Waals surface area contributed by atoms with Crippen molar-refractivity contribution in [2.75, 3.05) is 0 Å². The van der Waals surface area contributed by atoms with Crippen LogP contribution in [0.2, 0.25) is 0 Å². The number of hydrogen-bond donors (Lipinski definition) is 0. The standard InChI is InChI=1S/C18H18N4/c1-13(15-9-5-3-6-10-15)17-19-21-18(22-20-17)14(2)16-11-7-4-8-12-16/h3-14H,1-2H3. The van der Waals surface area contributed by atoms with Gasteiger partial charge in [-0.2, -0.15) is 0 Å². The van der Waals surface area contributed by atoms with Crippen molar-refractivity contribution >= 4 is 0 Å². The Morgan fingerprint density at radius 3 is 1.18 bits per heavy atom. The molecule has 0 saturated heterocycles. The molecule has 0 aliphatic carbocycles. The van der Waals surface area contributed by atoms with Crippen molar-refractivity contribution in [2.45, 2.75) is 25.7 Å². The Morgan fingerprint density at radius 1 is 0.545 bits per heavy atom. The summed E-state index contributed by atoms with van der Waals surface area (Å²) >= 11 is 0. The second-order valence-electron chi connectivity index (χ2n) is 5.38. The van der Waals surface area contributed by atoms with Gasteiger partial charge in [0, 0.05) is 11.8 Å². The molecule has 2 atom stereocenters. The van der Waals surface area contributed by atoms with E-state index in [4.69, 9.17) is 0 Å². The van der Waals surface area contributed by atoms with Gasteiger partial charge in [-0.1, -0.05) is 74.5 Å². The van der Waals surface area contributed by atoms with Crippen LogP contribution in [0.4, 0.5) is 0 Å². The highest BCUT2D eigenvalue weighted by Gasteiger charge is 2.16. The summed E-state index contributed by atoms with van der Waals surface area (Å²) in [5.74, 6) is 1.47. The van der Waals surface area contributed by atoms with Crippen molar-refractivity contribution < 1.29 is 0 Å². The van der Waals surface area contributed by atoms with Crippen molar-refractivity contribution in [3.05, 3.63) is 83.4 Å². The van der Waals surface area contributed by atoms with Crippen LogP contribution in [0.3, 0.4) is 0 Å². The molecule has 0 fully saturated rings. The van der Waals surface area contributed by atoms with Crippen molar-refractivity contribution in [1.82, 2.24) is 20.4 Å². The smallest absolute Gasteiger partial charge is 0.131 e. The lowest BCUT2D eigenvalue weighted by Crippen LogP contribution is -2.11. The topological polar surface area (TPSA) is 51.6 Å². The minimum atomic E-state index is 0.0854. The molecule has 4 nitrogen and oxygen atoms in total. The van der Waals surface area contributed by atoms with Gasteiger partial charge in [-0.25, -0.2) is 0 Å². The highest BCUT2D eigenvalue weighted by Crippen LogP contribution is 2.22. The normalized spacial score (nSPS) is 13.5. The first kappa shape index (κ1) is 14.3. The van der Waals surface area contributed by atoms with Crippen molar-refractivity contribution in [2.24, 2.45) is 0 Å². The molecule has 22 heavy (non-hydrogen) atoms. The molecule has 0 N–H and O–H groups in total.